The Kier molecular flexibility index (Phi) is 3.77. The van der Waals surface area contributed by atoms with Crippen molar-refractivity contribution in [3.63, 3.8) is 0 Å². The van der Waals surface area contributed by atoms with Crippen LogP contribution in [0, 0.1) is 0 Å². The molecule has 0 aromatic carbocycles. The fraction of sp³-hybridized carbons (Fsp3) is 0.455. The monoisotopic (exact) mass is 282 g/mol. The van der Waals surface area contributed by atoms with Crippen molar-refractivity contribution in [1.29, 1.82) is 0 Å². The number of nitrogens with zero attached hydrogens (tertiary/aromatic N) is 4. The van der Waals surface area contributed by atoms with Gasteiger partial charge in [-0.25, -0.2) is 9.50 Å². The Bertz CT molecular complexity index is 454. The lowest BCUT2D eigenvalue weighted by atomic mass is 10.3. The molecule has 0 aliphatic rings. The Morgan fingerprint density at radius 1 is 1.44 bits per heavy atom. The first-order valence-corrected chi connectivity index (χ1v) is 6.58. The standard InChI is InChI=1S/C11H15BrN4/c1-2-15(8-3-5-12)11-10-4-6-14-16(10)9-7-13-11/h4,6-7,9H,2-3,5,8H2,1H3. The predicted octanol–water partition coefficient (Wildman–Crippen LogP) is 2.34. The van der Waals surface area contributed by atoms with Crippen LogP contribution in [0.4, 0.5) is 5.82 Å². The first-order chi connectivity index (χ1) is 7.86. The van der Waals surface area contributed by atoms with Gasteiger partial charge in [0.25, 0.3) is 0 Å². The summed E-state index contributed by atoms with van der Waals surface area (Å²) in [5.41, 5.74) is 1.07. The molecule has 2 aromatic rings. The molecule has 0 spiro atoms. The van der Waals surface area contributed by atoms with E-state index in [1.54, 1.807) is 12.4 Å². The summed E-state index contributed by atoms with van der Waals surface area (Å²) in [4.78, 5) is 6.73. The van der Waals surface area contributed by atoms with Crippen LogP contribution in [0.3, 0.4) is 0 Å². The van der Waals surface area contributed by atoms with E-state index in [9.17, 15) is 0 Å². The number of aromatic nitrogens is 3. The van der Waals surface area contributed by atoms with Crippen LogP contribution >= 0.6 is 15.9 Å². The van der Waals surface area contributed by atoms with Crippen molar-refractivity contribution in [1.82, 2.24) is 14.6 Å². The number of halogens is 1. The van der Waals surface area contributed by atoms with E-state index in [1.807, 2.05) is 16.8 Å². The van der Waals surface area contributed by atoms with E-state index in [-0.39, 0.29) is 0 Å². The second kappa shape index (κ2) is 5.30. The topological polar surface area (TPSA) is 33.4 Å². The summed E-state index contributed by atoms with van der Waals surface area (Å²) in [6.45, 7) is 4.13. The van der Waals surface area contributed by atoms with Crippen molar-refractivity contribution in [3.05, 3.63) is 24.7 Å². The molecule has 0 bridgehead atoms. The molecule has 0 aliphatic carbocycles. The molecule has 0 saturated carbocycles. The van der Waals surface area contributed by atoms with Crippen molar-refractivity contribution >= 4 is 27.3 Å². The maximum absolute atomic E-state index is 4.45. The Hall–Kier alpha value is -1.10. The zero-order valence-electron chi connectivity index (χ0n) is 9.30. The first-order valence-electron chi connectivity index (χ1n) is 5.46. The second-order valence-corrected chi connectivity index (χ2v) is 4.33. The van der Waals surface area contributed by atoms with E-state index in [0.717, 1.165) is 36.2 Å². The summed E-state index contributed by atoms with van der Waals surface area (Å²) in [6, 6.07) is 2.00. The van der Waals surface area contributed by atoms with Gasteiger partial charge in [-0.05, 0) is 19.4 Å². The van der Waals surface area contributed by atoms with Gasteiger partial charge < -0.3 is 4.90 Å². The lowest BCUT2D eigenvalue weighted by molar-refractivity contribution is 0.782. The summed E-state index contributed by atoms with van der Waals surface area (Å²) in [5.74, 6) is 1.02. The minimum atomic E-state index is 0.963. The highest BCUT2D eigenvalue weighted by molar-refractivity contribution is 9.09. The molecule has 0 radical (unpaired) electrons. The molecule has 0 unspecified atom stereocenters. The van der Waals surface area contributed by atoms with Crippen molar-refractivity contribution in [3.8, 4) is 0 Å². The minimum Gasteiger partial charge on any atom is -0.355 e. The van der Waals surface area contributed by atoms with Crippen LogP contribution in [0.25, 0.3) is 5.52 Å². The van der Waals surface area contributed by atoms with Gasteiger partial charge in [0.15, 0.2) is 5.82 Å². The number of rotatable bonds is 5. The molecule has 2 rings (SSSR count). The fourth-order valence-corrected chi connectivity index (χ4v) is 2.00. The zero-order valence-corrected chi connectivity index (χ0v) is 10.9. The number of alkyl halides is 1. The van der Waals surface area contributed by atoms with Gasteiger partial charge in [-0.3, -0.25) is 0 Å². The van der Waals surface area contributed by atoms with Crippen molar-refractivity contribution in [2.45, 2.75) is 13.3 Å². The third-order valence-corrected chi connectivity index (χ3v) is 3.11. The van der Waals surface area contributed by atoms with Crippen LogP contribution in [0.1, 0.15) is 13.3 Å². The van der Waals surface area contributed by atoms with Crippen LogP contribution in [0.2, 0.25) is 0 Å². The average molecular weight is 283 g/mol. The first kappa shape index (κ1) is 11.4. The summed E-state index contributed by atoms with van der Waals surface area (Å²) < 4.78 is 1.86. The largest absolute Gasteiger partial charge is 0.355 e. The van der Waals surface area contributed by atoms with Gasteiger partial charge in [-0.15, -0.1) is 0 Å². The SMILES string of the molecule is CCN(CCCBr)c1nccn2nccc12. The average Bonchev–Trinajstić information content (AvgIpc) is 2.78. The molecule has 0 atom stereocenters. The molecular weight excluding hydrogens is 268 g/mol. The Morgan fingerprint density at radius 3 is 3.06 bits per heavy atom. The highest BCUT2D eigenvalue weighted by Gasteiger charge is 2.09. The molecule has 0 amide bonds. The molecule has 86 valence electrons. The van der Waals surface area contributed by atoms with Crippen molar-refractivity contribution < 1.29 is 0 Å². The Labute approximate surface area is 103 Å². The smallest absolute Gasteiger partial charge is 0.154 e. The van der Waals surface area contributed by atoms with Gasteiger partial charge in [-0.1, -0.05) is 15.9 Å². The van der Waals surface area contributed by atoms with Crippen LogP contribution in [0.15, 0.2) is 24.7 Å². The van der Waals surface area contributed by atoms with Crippen LogP contribution in [-0.4, -0.2) is 33.0 Å². The lowest BCUT2D eigenvalue weighted by Crippen LogP contribution is -2.25. The summed E-state index contributed by atoms with van der Waals surface area (Å²) in [5, 5.41) is 5.24. The van der Waals surface area contributed by atoms with Gasteiger partial charge in [0.05, 0.1) is 6.20 Å². The second-order valence-electron chi connectivity index (χ2n) is 3.53. The fourth-order valence-electron chi connectivity index (χ4n) is 1.75. The molecular formula is C11H15BrN4. The maximum atomic E-state index is 4.45. The minimum absolute atomic E-state index is 0.963. The third kappa shape index (κ3) is 2.19. The number of hydrogen-bond acceptors (Lipinski definition) is 3. The summed E-state index contributed by atoms with van der Waals surface area (Å²) in [7, 11) is 0. The van der Waals surface area contributed by atoms with Crippen molar-refractivity contribution in [2.24, 2.45) is 0 Å². The normalized spacial score (nSPS) is 10.9. The Morgan fingerprint density at radius 2 is 2.31 bits per heavy atom. The molecule has 5 heteroatoms. The van der Waals surface area contributed by atoms with Gasteiger partial charge in [0, 0.05) is 30.8 Å². The highest BCUT2D eigenvalue weighted by Crippen LogP contribution is 2.17. The Balaban J connectivity index is 2.32. The van der Waals surface area contributed by atoms with Crippen LogP contribution in [0.5, 0.6) is 0 Å². The van der Waals surface area contributed by atoms with Gasteiger partial charge >= 0.3 is 0 Å². The van der Waals surface area contributed by atoms with Crippen LogP contribution < -0.4 is 4.90 Å². The number of fused-ring (bicyclic) bond motifs is 1. The number of hydrogen-bond donors (Lipinski definition) is 0. The van der Waals surface area contributed by atoms with E-state index >= 15 is 0 Å². The molecule has 2 aromatic heterocycles. The number of anilines is 1. The zero-order chi connectivity index (χ0) is 11.4. The summed E-state index contributed by atoms with van der Waals surface area (Å²) >= 11 is 3.46. The third-order valence-electron chi connectivity index (χ3n) is 2.55. The van der Waals surface area contributed by atoms with Gasteiger partial charge in [-0.2, -0.15) is 5.10 Å². The molecule has 4 nitrogen and oxygen atoms in total. The lowest BCUT2D eigenvalue weighted by Gasteiger charge is -2.21. The molecule has 0 fully saturated rings. The molecule has 2 heterocycles. The molecule has 16 heavy (non-hydrogen) atoms. The van der Waals surface area contributed by atoms with E-state index in [0.29, 0.717) is 0 Å². The molecule has 0 N–H and O–H groups in total. The van der Waals surface area contributed by atoms with Crippen LogP contribution in [-0.2, 0) is 0 Å². The van der Waals surface area contributed by atoms with E-state index in [1.165, 1.54) is 0 Å². The molecule has 0 aliphatic heterocycles. The van der Waals surface area contributed by atoms with Crippen molar-refractivity contribution in [2.75, 3.05) is 23.3 Å². The molecule has 0 saturated heterocycles. The van der Waals surface area contributed by atoms with E-state index in [4.69, 9.17) is 0 Å². The maximum Gasteiger partial charge on any atom is 0.154 e. The summed E-state index contributed by atoms with van der Waals surface area (Å²) in [6.07, 6.45) is 6.59. The van der Waals surface area contributed by atoms with Gasteiger partial charge in [0.1, 0.15) is 5.52 Å². The van der Waals surface area contributed by atoms with E-state index in [2.05, 4.69) is 37.8 Å². The highest BCUT2D eigenvalue weighted by atomic mass is 79.9. The van der Waals surface area contributed by atoms with Gasteiger partial charge in [0.2, 0.25) is 0 Å². The van der Waals surface area contributed by atoms with E-state index < -0.39 is 0 Å². The quantitative estimate of drug-likeness (QED) is 0.790. The predicted molar refractivity (Wildman–Crippen MR) is 69.3 cm³/mol.